The summed E-state index contributed by atoms with van der Waals surface area (Å²) < 4.78 is 26.0. The Morgan fingerprint density at radius 3 is 1.97 bits per heavy atom. The largest absolute Gasteiger partial charge is 0.396 e. The predicted octanol–water partition coefficient (Wildman–Crippen LogP) is 4.18. The molecule has 1 amide bonds. The topological polar surface area (TPSA) is 153 Å². The van der Waals surface area contributed by atoms with Crippen molar-refractivity contribution in [3.63, 3.8) is 0 Å². The number of hydrogen-bond acceptors (Lipinski definition) is 7. The molecular weight excluding hydrogens is 460 g/mol. The molecule has 0 aliphatic heterocycles. The number of nitrogens with zero attached hydrogens (tertiary/aromatic N) is 2. The van der Waals surface area contributed by atoms with Crippen LogP contribution in [-0.4, -0.2) is 20.9 Å². The first-order valence-corrected chi connectivity index (χ1v) is 9.30. The average molecular weight is 475 g/mol. The number of rotatable bonds is 4. The molecule has 33 heavy (non-hydrogen) atoms. The number of nitrogen functional groups attached to an aromatic ring is 1. The Morgan fingerprint density at radius 2 is 1.42 bits per heavy atom. The summed E-state index contributed by atoms with van der Waals surface area (Å²) in [5, 5.41) is 25.4. The molecule has 3 aromatic carbocycles. The van der Waals surface area contributed by atoms with E-state index in [1.165, 1.54) is 0 Å². The number of nitro benzene ring substituents is 2. The minimum Gasteiger partial charge on any atom is -0.396 e. The van der Waals surface area contributed by atoms with E-state index in [-0.39, 0.29) is 27.9 Å². The van der Waals surface area contributed by atoms with Crippen molar-refractivity contribution in [3.8, 4) is 0 Å². The number of non-ortho nitro benzene ring substituents is 2. The number of anilines is 2. The second-order valence-electron chi connectivity index (χ2n) is 6.16. The number of carbonyl (C=O) groups is 1. The lowest BCUT2D eigenvalue weighted by Crippen LogP contribution is -2.34. The van der Waals surface area contributed by atoms with Gasteiger partial charge < -0.3 is 11.1 Å². The molecule has 0 saturated heterocycles. The third kappa shape index (κ3) is 7.29. The predicted molar refractivity (Wildman–Crippen MR) is 121 cm³/mol. The van der Waals surface area contributed by atoms with Crippen LogP contribution >= 0.6 is 12.2 Å². The third-order valence-corrected chi connectivity index (χ3v) is 4.07. The number of halogens is 2. The standard InChI is InChI=1S/C14H10FN3O3S.C6H5FN2O2/c15-11-7-6-10(18(20)21)8-12(11)16-14(22)17-13(19)9-4-2-1-3-5-9;7-5-2-1-4(9(10)11)3-6(5)8/h1-8H,(H2,16,17,19,22);1-3H,8H2. The van der Waals surface area contributed by atoms with Crippen LogP contribution in [0, 0.1) is 31.9 Å². The van der Waals surface area contributed by atoms with Crippen molar-refractivity contribution >= 4 is 46.0 Å². The number of carbonyl (C=O) groups excluding carboxylic acids is 1. The minimum absolute atomic E-state index is 0.159. The lowest BCUT2D eigenvalue weighted by atomic mass is 10.2. The van der Waals surface area contributed by atoms with Gasteiger partial charge in [0.2, 0.25) is 0 Å². The van der Waals surface area contributed by atoms with Gasteiger partial charge in [-0.2, -0.15) is 0 Å². The van der Waals surface area contributed by atoms with Crippen LogP contribution in [0.1, 0.15) is 10.4 Å². The van der Waals surface area contributed by atoms with Gasteiger partial charge >= 0.3 is 0 Å². The molecule has 0 unspecified atom stereocenters. The molecule has 0 atom stereocenters. The van der Waals surface area contributed by atoms with Crippen LogP contribution in [0.5, 0.6) is 0 Å². The van der Waals surface area contributed by atoms with E-state index >= 15 is 0 Å². The highest BCUT2D eigenvalue weighted by atomic mass is 32.1. The maximum Gasteiger partial charge on any atom is 0.271 e. The molecule has 10 nitrogen and oxygen atoms in total. The number of nitrogens with two attached hydrogens (primary N) is 1. The molecule has 4 N–H and O–H groups in total. The van der Waals surface area contributed by atoms with E-state index in [2.05, 4.69) is 10.6 Å². The van der Waals surface area contributed by atoms with Crippen molar-refractivity contribution in [2.75, 3.05) is 11.1 Å². The van der Waals surface area contributed by atoms with Crippen molar-refractivity contribution in [1.82, 2.24) is 5.32 Å². The van der Waals surface area contributed by atoms with E-state index in [0.717, 1.165) is 36.4 Å². The summed E-state index contributed by atoms with van der Waals surface area (Å²) in [6.45, 7) is 0. The minimum atomic E-state index is -0.720. The summed E-state index contributed by atoms with van der Waals surface area (Å²) >= 11 is 4.90. The van der Waals surface area contributed by atoms with E-state index in [4.69, 9.17) is 18.0 Å². The maximum atomic E-state index is 13.6. The van der Waals surface area contributed by atoms with Crippen LogP contribution in [0.4, 0.5) is 31.5 Å². The van der Waals surface area contributed by atoms with Crippen LogP contribution in [0.3, 0.4) is 0 Å². The van der Waals surface area contributed by atoms with Gasteiger partial charge in [-0.05, 0) is 36.5 Å². The Bertz CT molecular complexity index is 1210. The van der Waals surface area contributed by atoms with E-state index in [0.29, 0.717) is 5.56 Å². The molecule has 0 spiro atoms. The number of benzene rings is 3. The van der Waals surface area contributed by atoms with E-state index in [1.54, 1.807) is 30.3 Å². The number of thiocarbonyl (C=S) groups is 1. The fourth-order valence-electron chi connectivity index (χ4n) is 2.29. The quantitative estimate of drug-likeness (QED) is 0.220. The first-order valence-electron chi connectivity index (χ1n) is 8.89. The van der Waals surface area contributed by atoms with Crippen LogP contribution in [0.2, 0.25) is 0 Å². The molecule has 3 rings (SSSR count). The monoisotopic (exact) mass is 475 g/mol. The highest BCUT2D eigenvalue weighted by Crippen LogP contribution is 2.21. The summed E-state index contributed by atoms with van der Waals surface area (Å²) in [6, 6.07) is 14.3. The van der Waals surface area contributed by atoms with Gasteiger partial charge in [0.05, 0.1) is 21.2 Å². The Labute approximate surface area is 190 Å². The number of nitrogens with one attached hydrogen (secondary N) is 2. The molecule has 0 bridgehead atoms. The van der Waals surface area contributed by atoms with Crippen LogP contribution < -0.4 is 16.4 Å². The molecule has 0 heterocycles. The molecule has 170 valence electrons. The second-order valence-corrected chi connectivity index (χ2v) is 6.57. The molecule has 0 fully saturated rings. The Morgan fingerprint density at radius 1 is 0.879 bits per heavy atom. The van der Waals surface area contributed by atoms with Crippen molar-refractivity contribution < 1.29 is 23.4 Å². The Balaban J connectivity index is 0.000000294. The van der Waals surface area contributed by atoms with Crippen molar-refractivity contribution in [1.29, 1.82) is 0 Å². The molecule has 0 aliphatic rings. The SMILES string of the molecule is Nc1cc([N+](=O)[O-])ccc1F.O=C(NC(=S)Nc1cc([N+](=O)[O-])ccc1F)c1ccccc1. The second kappa shape index (κ2) is 11.2. The van der Waals surface area contributed by atoms with Crippen molar-refractivity contribution in [2.24, 2.45) is 0 Å². The zero-order valence-corrected chi connectivity index (χ0v) is 17.3. The fraction of sp³-hybridized carbons (Fsp3) is 0. The van der Waals surface area contributed by atoms with Gasteiger partial charge in [-0.3, -0.25) is 30.3 Å². The van der Waals surface area contributed by atoms with Crippen LogP contribution in [-0.2, 0) is 0 Å². The van der Waals surface area contributed by atoms with Gasteiger partial charge in [0, 0.05) is 29.8 Å². The molecule has 0 aromatic heterocycles. The number of nitro groups is 2. The summed E-state index contributed by atoms with van der Waals surface area (Å²) in [4.78, 5) is 31.3. The van der Waals surface area contributed by atoms with Gasteiger partial charge in [0.15, 0.2) is 5.11 Å². The number of amides is 1. The van der Waals surface area contributed by atoms with E-state index < -0.39 is 27.4 Å². The van der Waals surface area contributed by atoms with Crippen molar-refractivity contribution in [3.05, 3.63) is 104 Å². The first-order chi connectivity index (χ1) is 15.6. The third-order valence-electron chi connectivity index (χ3n) is 3.86. The lowest BCUT2D eigenvalue weighted by molar-refractivity contribution is -0.385. The Kier molecular flexibility index (Phi) is 8.40. The lowest BCUT2D eigenvalue weighted by Gasteiger charge is -2.10. The molecule has 0 aliphatic carbocycles. The van der Waals surface area contributed by atoms with Crippen LogP contribution in [0.15, 0.2) is 66.7 Å². The van der Waals surface area contributed by atoms with Gasteiger partial charge in [0.1, 0.15) is 11.6 Å². The van der Waals surface area contributed by atoms with Crippen molar-refractivity contribution in [2.45, 2.75) is 0 Å². The van der Waals surface area contributed by atoms with Crippen LogP contribution in [0.25, 0.3) is 0 Å². The number of hydrogen-bond donors (Lipinski definition) is 3. The van der Waals surface area contributed by atoms with E-state index in [9.17, 15) is 33.8 Å². The Hall–Kier alpha value is -4.52. The van der Waals surface area contributed by atoms with E-state index in [1.807, 2.05) is 0 Å². The highest BCUT2D eigenvalue weighted by Gasteiger charge is 2.13. The fourth-order valence-corrected chi connectivity index (χ4v) is 2.49. The highest BCUT2D eigenvalue weighted by molar-refractivity contribution is 7.80. The smallest absolute Gasteiger partial charge is 0.271 e. The molecule has 13 heteroatoms. The van der Waals surface area contributed by atoms with Gasteiger partial charge in [0.25, 0.3) is 17.3 Å². The maximum absolute atomic E-state index is 13.6. The molecule has 0 radical (unpaired) electrons. The normalized spacial score (nSPS) is 9.76. The van der Waals surface area contributed by atoms with Gasteiger partial charge in [-0.25, -0.2) is 8.78 Å². The van der Waals surface area contributed by atoms with Gasteiger partial charge in [-0.15, -0.1) is 0 Å². The van der Waals surface area contributed by atoms with Gasteiger partial charge in [-0.1, -0.05) is 18.2 Å². The summed E-state index contributed by atoms with van der Waals surface area (Å²) in [5.74, 6) is -1.83. The zero-order chi connectivity index (χ0) is 24.5. The summed E-state index contributed by atoms with van der Waals surface area (Å²) in [6.07, 6.45) is 0. The summed E-state index contributed by atoms with van der Waals surface area (Å²) in [5.41, 5.74) is 4.57. The summed E-state index contributed by atoms with van der Waals surface area (Å²) in [7, 11) is 0. The molecule has 3 aromatic rings. The zero-order valence-electron chi connectivity index (χ0n) is 16.5. The average Bonchev–Trinajstić information content (AvgIpc) is 2.77. The molecular formula is C20H15F2N5O5S. The molecule has 0 saturated carbocycles. The first kappa shape index (κ1) is 24.7.